The highest BCUT2D eigenvalue weighted by molar-refractivity contribution is 5.97. The van der Waals surface area contributed by atoms with Crippen LogP contribution >= 0.6 is 0 Å². The number of nitrogens with zero attached hydrogens (tertiary/aromatic N) is 2. The second-order valence-corrected chi connectivity index (χ2v) is 3.54. The van der Waals surface area contributed by atoms with Gasteiger partial charge in [0.25, 0.3) is 5.91 Å². The van der Waals surface area contributed by atoms with Gasteiger partial charge < -0.3 is 20.3 Å². The Bertz CT molecular complexity index is 541. The lowest BCUT2D eigenvalue weighted by Gasteiger charge is -2.01. The monoisotopic (exact) mass is 264 g/mol. The summed E-state index contributed by atoms with van der Waals surface area (Å²) in [5.74, 6) is -0.737. The molecule has 0 spiro atoms. The van der Waals surface area contributed by atoms with Crippen molar-refractivity contribution in [3.8, 4) is 6.07 Å². The van der Waals surface area contributed by atoms with Crippen LogP contribution in [-0.2, 0) is 9.59 Å². The first kappa shape index (κ1) is 14.2. The molecule has 0 radical (unpaired) electrons. The summed E-state index contributed by atoms with van der Waals surface area (Å²) in [4.78, 5) is 21.8. The molecule has 0 aliphatic heterocycles. The molecule has 0 saturated carbocycles. The van der Waals surface area contributed by atoms with Crippen molar-refractivity contribution in [3.05, 3.63) is 23.6 Å². The minimum absolute atomic E-state index is 0.0454. The van der Waals surface area contributed by atoms with Crippen LogP contribution in [0.1, 0.15) is 12.2 Å². The van der Waals surface area contributed by atoms with Crippen molar-refractivity contribution >= 4 is 17.7 Å². The van der Waals surface area contributed by atoms with Gasteiger partial charge >= 0.3 is 5.97 Å². The van der Waals surface area contributed by atoms with E-state index < -0.39 is 11.9 Å². The molecule has 0 aliphatic carbocycles. The third-order valence-electron chi connectivity index (χ3n) is 1.98. The van der Waals surface area contributed by atoms with E-state index in [0.717, 1.165) is 0 Å². The fourth-order valence-corrected chi connectivity index (χ4v) is 1.11. The SMILES string of the molecule is Cc1cc(N/C=C(/C#N)C(=O)NCCC(=O)O)no1. The zero-order chi connectivity index (χ0) is 14.3. The second kappa shape index (κ2) is 6.80. The maximum atomic E-state index is 11.5. The predicted octanol–water partition coefficient (Wildman–Crippen LogP) is 0.393. The zero-order valence-corrected chi connectivity index (χ0v) is 10.1. The maximum absolute atomic E-state index is 11.5. The topological polar surface area (TPSA) is 128 Å². The number of nitrogens with one attached hydrogen (secondary N) is 2. The van der Waals surface area contributed by atoms with Crippen molar-refractivity contribution in [1.82, 2.24) is 10.5 Å². The van der Waals surface area contributed by atoms with Crippen molar-refractivity contribution in [2.45, 2.75) is 13.3 Å². The number of aliphatic carboxylic acids is 1. The van der Waals surface area contributed by atoms with E-state index in [1.165, 1.54) is 6.20 Å². The first-order chi connectivity index (χ1) is 9.02. The van der Waals surface area contributed by atoms with Crippen molar-refractivity contribution < 1.29 is 19.2 Å². The molecule has 19 heavy (non-hydrogen) atoms. The van der Waals surface area contributed by atoms with Gasteiger partial charge in [0.1, 0.15) is 17.4 Å². The van der Waals surface area contributed by atoms with E-state index >= 15 is 0 Å². The first-order valence-electron chi connectivity index (χ1n) is 5.33. The van der Waals surface area contributed by atoms with Crippen LogP contribution < -0.4 is 10.6 Å². The Morgan fingerprint density at radius 1 is 1.63 bits per heavy atom. The van der Waals surface area contributed by atoms with Gasteiger partial charge in [-0.25, -0.2) is 0 Å². The molecular formula is C11H12N4O4. The number of nitriles is 1. The molecule has 0 aromatic carbocycles. The molecule has 1 rings (SSSR count). The molecule has 0 unspecified atom stereocenters. The molecule has 0 aliphatic rings. The van der Waals surface area contributed by atoms with Gasteiger partial charge in [0, 0.05) is 18.8 Å². The number of rotatable bonds is 6. The lowest BCUT2D eigenvalue weighted by molar-refractivity contribution is -0.136. The van der Waals surface area contributed by atoms with Crippen molar-refractivity contribution in [2.24, 2.45) is 0 Å². The summed E-state index contributed by atoms with van der Waals surface area (Å²) in [7, 11) is 0. The number of aromatic nitrogens is 1. The number of amides is 1. The highest BCUT2D eigenvalue weighted by atomic mass is 16.5. The molecule has 1 heterocycles. The van der Waals surface area contributed by atoms with Gasteiger partial charge in [-0.15, -0.1) is 0 Å². The van der Waals surface area contributed by atoms with Crippen LogP contribution in [0.5, 0.6) is 0 Å². The third kappa shape index (κ3) is 4.91. The summed E-state index contributed by atoms with van der Waals surface area (Å²) in [5, 5.41) is 25.8. The molecule has 8 heteroatoms. The summed E-state index contributed by atoms with van der Waals surface area (Å²) in [6.07, 6.45) is 0.966. The molecule has 1 aromatic rings. The highest BCUT2D eigenvalue weighted by Crippen LogP contribution is 2.07. The molecule has 0 atom stereocenters. The van der Waals surface area contributed by atoms with Gasteiger partial charge in [-0.2, -0.15) is 5.26 Å². The van der Waals surface area contributed by atoms with E-state index in [-0.39, 0.29) is 18.5 Å². The number of carbonyl (C=O) groups excluding carboxylic acids is 1. The quantitative estimate of drug-likeness (QED) is 0.500. The third-order valence-corrected chi connectivity index (χ3v) is 1.98. The Morgan fingerprint density at radius 2 is 2.37 bits per heavy atom. The Hall–Kier alpha value is -2.82. The number of carbonyl (C=O) groups is 2. The van der Waals surface area contributed by atoms with Gasteiger partial charge in [0.05, 0.1) is 6.42 Å². The van der Waals surface area contributed by atoms with E-state index in [2.05, 4.69) is 15.8 Å². The maximum Gasteiger partial charge on any atom is 0.305 e. The molecular weight excluding hydrogens is 252 g/mol. The van der Waals surface area contributed by atoms with Crippen LogP contribution in [0.25, 0.3) is 0 Å². The van der Waals surface area contributed by atoms with E-state index in [1.54, 1.807) is 19.1 Å². The number of carboxylic acids is 1. The minimum atomic E-state index is -1.03. The van der Waals surface area contributed by atoms with Gasteiger partial charge in [-0.05, 0) is 6.92 Å². The number of hydrogen-bond donors (Lipinski definition) is 3. The number of anilines is 1. The summed E-state index contributed by atoms with van der Waals surface area (Å²) >= 11 is 0. The number of hydrogen-bond acceptors (Lipinski definition) is 6. The van der Waals surface area contributed by atoms with E-state index in [1.807, 2.05) is 0 Å². The van der Waals surface area contributed by atoms with Crippen LogP contribution in [0, 0.1) is 18.3 Å². The minimum Gasteiger partial charge on any atom is -0.481 e. The van der Waals surface area contributed by atoms with Crippen molar-refractivity contribution in [2.75, 3.05) is 11.9 Å². The first-order valence-corrected chi connectivity index (χ1v) is 5.33. The normalized spacial score (nSPS) is 10.6. The predicted molar refractivity (Wildman–Crippen MR) is 63.8 cm³/mol. The Labute approximate surface area is 108 Å². The van der Waals surface area contributed by atoms with Crippen LogP contribution in [0.3, 0.4) is 0 Å². The lowest BCUT2D eigenvalue weighted by atomic mass is 10.3. The van der Waals surface area contributed by atoms with E-state index in [0.29, 0.717) is 11.6 Å². The van der Waals surface area contributed by atoms with Gasteiger partial charge in [0.15, 0.2) is 5.82 Å². The number of aryl methyl sites for hydroxylation is 1. The summed E-state index contributed by atoms with van der Waals surface area (Å²) in [6, 6.07) is 3.29. The zero-order valence-electron chi connectivity index (χ0n) is 10.1. The second-order valence-electron chi connectivity index (χ2n) is 3.54. The Balaban J connectivity index is 2.54. The standard InChI is InChI=1S/C11H12N4O4/c1-7-4-9(15-19-7)14-6-8(5-12)11(18)13-3-2-10(16)17/h4,6H,2-3H2,1H3,(H,13,18)(H,14,15)(H,16,17)/b8-6-. The van der Waals surface area contributed by atoms with Crippen LogP contribution in [-0.4, -0.2) is 28.7 Å². The molecule has 0 saturated heterocycles. The molecule has 1 aromatic heterocycles. The molecule has 100 valence electrons. The summed E-state index contributed by atoms with van der Waals surface area (Å²) < 4.78 is 4.79. The van der Waals surface area contributed by atoms with E-state index in [9.17, 15) is 9.59 Å². The van der Waals surface area contributed by atoms with Gasteiger partial charge in [-0.3, -0.25) is 9.59 Å². The molecule has 1 amide bonds. The van der Waals surface area contributed by atoms with Gasteiger partial charge in [0.2, 0.25) is 0 Å². The summed E-state index contributed by atoms with van der Waals surface area (Å²) in [6.45, 7) is 1.65. The molecule has 8 nitrogen and oxygen atoms in total. The average Bonchev–Trinajstić information content (AvgIpc) is 2.75. The average molecular weight is 264 g/mol. The Morgan fingerprint density at radius 3 is 2.89 bits per heavy atom. The highest BCUT2D eigenvalue weighted by Gasteiger charge is 2.09. The van der Waals surface area contributed by atoms with Crippen LogP contribution in [0.4, 0.5) is 5.82 Å². The molecule has 3 N–H and O–H groups in total. The fraction of sp³-hybridized carbons (Fsp3) is 0.273. The lowest BCUT2D eigenvalue weighted by Crippen LogP contribution is -2.27. The van der Waals surface area contributed by atoms with Crippen LogP contribution in [0.2, 0.25) is 0 Å². The largest absolute Gasteiger partial charge is 0.481 e. The Kier molecular flexibility index (Phi) is 5.10. The smallest absolute Gasteiger partial charge is 0.305 e. The molecule has 0 bridgehead atoms. The van der Waals surface area contributed by atoms with E-state index in [4.69, 9.17) is 14.9 Å². The summed E-state index contributed by atoms with van der Waals surface area (Å²) in [5.41, 5.74) is -0.189. The van der Waals surface area contributed by atoms with Gasteiger partial charge in [-0.1, -0.05) is 5.16 Å². The van der Waals surface area contributed by atoms with Crippen LogP contribution in [0.15, 0.2) is 22.4 Å². The molecule has 0 fully saturated rings. The van der Waals surface area contributed by atoms with Crippen molar-refractivity contribution in [3.63, 3.8) is 0 Å². The van der Waals surface area contributed by atoms with Crippen molar-refractivity contribution in [1.29, 1.82) is 5.26 Å². The fourth-order valence-electron chi connectivity index (χ4n) is 1.11. The number of carboxylic acid groups (broad SMARTS) is 1.